The van der Waals surface area contributed by atoms with Gasteiger partial charge in [-0.2, -0.15) is 0 Å². The quantitative estimate of drug-likeness (QED) is 0.850. The molecule has 1 saturated heterocycles. The van der Waals surface area contributed by atoms with Crippen LogP contribution >= 0.6 is 0 Å². The highest BCUT2D eigenvalue weighted by molar-refractivity contribution is 6.00. The Bertz CT molecular complexity index is 696. The Morgan fingerprint density at radius 3 is 3.00 bits per heavy atom. The van der Waals surface area contributed by atoms with E-state index >= 15 is 0 Å². The highest BCUT2D eigenvalue weighted by Crippen LogP contribution is 2.16. The lowest BCUT2D eigenvalue weighted by atomic mass is 10.2. The number of para-hydroxylation sites is 1. The number of nitrogens with one attached hydrogen (secondary N) is 1. The molecule has 106 valence electrons. The third-order valence-corrected chi connectivity index (χ3v) is 3.31. The van der Waals surface area contributed by atoms with Gasteiger partial charge in [-0.3, -0.25) is 4.57 Å². The summed E-state index contributed by atoms with van der Waals surface area (Å²) in [6.07, 6.45) is -0.200. The Morgan fingerprint density at radius 2 is 2.30 bits per heavy atom. The fourth-order valence-electron chi connectivity index (χ4n) is 2.39. The number of carbonyl (C=O) groups is 1. The van der Waals surface area contributed by atoms with Crippen molar-refractivity contribution >= 4 is 17.0 Å². The summed E-state index contributed by atoms with van der Waals surface area (Å²) in [6.45, 7) is 1.82. The Kier molecular flexibility index (Phi) is 3.29. The van der Waals surface area contributed by atoms with Crippen molar-refractivity contribution in [1.29, 1.82) is 0 Å². The van der Waals surface area contributed by atoms with Gasteiger partial charge in [0, 0.05) is 0 Å². The van der Waals surface area contributed by atoms with Crippen molar-refractivity contribution in [3.8, 4) is 0 Å². The molecule has 1 aliphatic rings. The van der Waals surface area contributed by atoms with Crippen LogP contribution in [-0.2, 0) is 16.0 Å². The second kappa shape index (κ2) is 5.10. The molecule has 1 aromatic carbocycles. The number of carboxylic acids is 1. The van der Waals surface area contributed by atoms with Crippen LogP contribution in [0, 0.1) is 0 Å². The average molecular weight is 278 g/mol. The van der Waals surface area contributed by atoms with Gasteiger partial charge in [0.05, 0.1) is 49.1 Å². The fraction of sp³-hybridized carbons (Fsp3) is 0.385. The standard InChI is InChI=1S/C13H14N2O5/c16-12(17)9-2-1-3-10-11(9)14-13(18)15(10)6-8-7-19-4-5-20-8/h1-3,8H,4-7H2,(H,14,18)(H,16,17). The molecule has 20 heavy (non-hydrogen) atoms. The zero-order chi connectivity index (χ0) is 14.1. The Labute approximate surface area is 113 Å². The first-order valence-electron chi connectivity index (χ1n) is 6.31. The van der Waals surface area contributed by atoms with Crippen LogP contribution < -0.4 is 5.69 Å². The summed E-state index contributed by atoms with van der Waals surface area (Å²) in [4.78, 5) is 25.8. The second-order valence-electron chi connectivity index (χ2n) is 4.61. The number of aromatic carboxylic acids is 1. The van der Waals surface area contributed by atoms with Gasteiger partial charge in [-0.15, -0.1) is 0 Å². The Balaban J connectivity index is 2.02. The van der Waals surface area contributed by atoms with Gasteiger partial charge in [-0.25, -0.2) is 9.59 Å². The number of ether oxygens (including phenoxy) is 2. The third kappa shape index (κ3) is 2.21. The number of hydrogen-bond acceptors (Lipinski definition) is 4. The van der Waals surface area contributed by atoms with Gasteiger partial charge in [-0.1, -0.05) is 6.07 Å². The van der Waals surface area contributed by atoms with Crippen molar-refractivity contribution in [2.24, 2.45) is 0 Å². The molecule has 0 bridgehead atoms. The van der Waals surface area contributed by atoms with Crippen molar-refractivity contribution in [2.75, 3.05) is 19.8 Å². The molecule has 1 unspecified atom stereocenters. The fourth-order valence-corrected chi connectivity index (χ4v) is 2.39. The molecule has 2 N–H and O–H groups in total. The number of benzene rings is 1. The highest BCUT2D eigenvalue weighted by atomic mass is 16.6. The first-order chi connectivity index (χ1) is 9.66. The SMILES string of the molecule is O=C(O)c1cccc2c1[nH]c(=O)n2CC1COCCO1. The molecule has 0 amide bonds. The zero-order valence-electron chi connectivity index (χ0n) is 10.7. The van der Waals surface area contributed by atoms with E-state index in [0.717, 1.165) is 0 Å². The normalized spacial score (nSPS) is 19.3. The largest absolute Gasteiger partial charge is 0.478 e. The summed E-state index contributed by atoms with van der Waals surface area (Å²) in [5.74, 6) is -1.07. The second-order valence-corrected chi connectivity index (χ2v) is 4.61. The summed E-state index contributed by atoms with van der Waals surface area (Å²) >= 11 is 0. The minimum absolute atomic E-state index is 0.0826. The van der Waals surface area contributed by atoms with Crippen LogP contribution in [0.4, 0.5) is 0 Å². The van der Waals surface area contributed by atoms with Crippen LogP contribution in [0.3, 0.4) is 0 Å². The van der Waals surface area contributed by atoms with Gasteiger partial charge in [-0.05, 0) is 12.1 Å². The first kappa shape index (κ1) is 12.9. The number of imidazole rings is 1. The van der Waals surface area contributed by atoms with Crippen LogP contribution in [0.5, 0.6) is 0 Å². The van der Waals surface area contributed by atoms with E-state index in [2.05, 4.69) is 4.98 Å². The minimum Gasteiger partial charge on any atom is -0.478 e. The van der Waals surface area contributed by atoms with Gasteiger partial charge >= 0.3 is 11.7 Å². The molecule has 1 aromatic heterocycles. The number of H-pyrrole nitrogens is 1. The van der Waals surface area contributed by atoms with Crippen LogP contribution in [0.2, 0.25) is 0 Å². The summed E-state index contributed by atoms with van der Waals surface area (Å²) < 4.78 is 12.3. The van der Waals surface area contributed by atoms with E-state index in [1.807, 2.05) is 0 Å². The van der Waals surface area contributed by atoms with E-state index in [0.29, 0.717) is 37.4 Å². The van der Waals surface area contributed by atoms with E-state index in [1.54, 1.807) is 12.1 Å². The molecule has 0 aliphatic carbocycles. The molecular formula is C13H14N2O5. The number of carboxylic acid groups (broad SMARTS) is 1. The molecule has 1 atom stereocenters. The molecule has 7 nitrogen and oxygen atoms in total. The van der Waals surface area contributed by atoms with Gasteiger partial charge in [0.15, 0.2) is 0 Å². The van der Waals surface area contributed by atoms with Crippen molar-refractivity contribution in [1.82, 2.24) is 9.55 Å². The zero-order valence-corrected chi connectivity index (χ0v) is 10.7. The monoisotopic (exact) mass is 278 g/mol. The Morgan fingerprint density at radius 1 is 1.45 bits per heavy atom. The molecule has 2 aromatic rings. The van der Waals surface area contributed by atoms with Gasteiger partial charge in [0.1, 0.15) is 0 Å². The van der Waals surface area contributed by atoms with Crippen LogP contribution in [0.1, 0.15) is 10.4 Å². The summed E-state index contributed by atoms with van der Waals surface area (Å²) in [7, 11) is 0. The van der Waals surface area contributed by atoms with Gasteiger partial charge in [0.25, 0.3) is 0 Å². The van der Waals surface area contributed by atoms with Crippen molar-refractivity contribution in [2.45, 2.75) is 12.6 Å². The lowest BCUT2D eigenvalue weighted by Crippen LogP contribution is -2.34. The van der Waals surface area contributed by atoms with Gasteiger partial charge < -0.3 is 19.6 Å². The maximum Gasteiger partial charge on any atom is 0.337 e. The number of aromatic amines is 1. The molecule has 0 saturated carbocycles. The summed E-state index contributed by atoms with van der Waals surface area (Å²) in [5, 5.41) is 9.13. The number of hydrogen-bond donors (Lipinski definition) is 2. The van der Waals surface area contributed by atoms with E-state index in [1.165, 1.54) is 10.6 Å². The molecule has 1 fully saturated rings. The van der Waals surface area contributed by atoms with E-state index < -0.39 is 5.97 Å². The lowest BCUT2D eigenvalue weighted by Gasteiger charge is -2.23. The van der Waals surface area contributed by atoms with Crippen molar-refractivity contribution < 1.29 is 19.4 Å². The molecule has 3 rings (SSSR count). The average Bonchev–Trinajstić information content (AvgIpc) is 2.76. The predicted octanol–water partition coefficient (Wildman–Crippen LogP) is 0.443. The third-order valence-electron chi connectivity index (χ3n) is 3.31. The molecule has 2 heterocycles. The van der Waals surface area contributed by atoms with Crippen LogP contribution in [0.15, 0.2) is 23.0 Å². The number of nitrogens with zero attached hydrogens (tertiary/aromatic N) is 1. The topological polar surface area (TPSA) is 93.6 Å². The smallest absolute Gasteiger partial charge is 0.337 e. The van der Waals surface area contributed by atoms with E-state index in [9.17, 15) is 9.59 Å². The maximum atomic E-state index is 12.0. The van der Waals surface area contributed by atoms with E-state index in [-0.39, 0.29) is 17.4 Å². The number of fused-ring (bicyclic) bond motifs is 1. The van der Waals surface area contributed by atoms with Crippen LogP contribution in [0.25, 0.3) is 11.0 Å². The molecule has 1 aliphatic heterocycles. The van der Waals surface area contributed by atoms with Gasteiger partial charge in [0.2, 0.25) is 0 Å². The maximum absolute atomic E-state index is 12.0. The van der Waals surface area contributed by atoms with E-state index in [4.69, 9.17) is 14.6 Å². The number of rotatable bonds is 3. The van der Waals surface area contributed by atoms with Crippen molar-refractivity contribution in [3.05, 3.63) is 34.2 Å². The predicted molar refractivity (Wildman–Crippen MR) is 70.1 cm³/mol. The summed E-state index contributed by atoms with van der Waals surface area (Å²) in [5.41, 5.74) is 0.632. The lowest BCUT2D eigenvalue weighted by molar-refractivity contribution is -0.0934. The highest BCUT2D eigenvalue weighted by Gasteiger charge is 2.19. The minimum atomic E-state index is -1.07. The molecular weight excluding hydrogens is 264 g/mol. The van der Waals surface area contributed by atoms with Crippen LogP contribution in [-0.4, -0.2) is 46.6 Å². The molecule has 7 heteroatoms. The van der Waals surface area contributed by atoms with Crippen molar-refractivity contribution in [3.63, 3.8) is 0 Å². The molecule has 0 radical (unpaired) electrons. The summed E-state index contributed by atoms with van der Waals surface area (Å²) in [6, 6.07) is 4.79. The molecule has 0 spiro atoms. The Hall–Kier alpha value is -2.12. The number of aromatic nitrogens is 2. The first-order valence-corrected chi connectivity index (χ1v) is 6.31.